The number of hydrogen-bond donors (Lipinski definition) is 0. The molecule has 6 rings (SSSR count). The molecule has 50 heavy (non-hydrogen) atoms. The van der Waals surface area contributed by atoms with Gasteiger partial charge in [-0.3, -0.25) is 24.3 Å². The van der Waals surface area contributed by atoms with E-state index in [0.717, 1.165) is 31.5 Å². The van der Waals surface area contributed by atoms with Crippen LogP contribution in [-0.2, 0) is 35.1 Å². The average Bonchev–Trinajstić information content (AvgIpc) is 3.67. The van der Waals surface area contributed by atoms with Crippen molar-refractivity contribution in [1.29, 1.82) is 0 Å². The Kier molecular flexibility index (Phi) is 11.3. The highest BCUT2D eigenvalue weighted by molar-refractivity contribution is 6.36. The maximum atomic E-state index is 14.0. The molecule has 0 N–H and O–H groups in total. The van der Waals surface area contributed by atoms with Crippen LogP contribution in [0.5, 0.6) is 5.75 Å². The minimum absolute atomic E-state index is 0.139. The number of para-hydroxylation sites is 1. The number of methoxy groups -OCH3 is 3. The molecule has 0 spiro atoms. The minimum atomic E-state index is -1.16. The van der Waals surface area contributed by atoms with Gasteiger partial charge in [0.25, 0.3) is 0 Å². The van der Waals surface area contributed by atoms with Gasteiger partial charge in [0.1, 0.15) is 17.5 Å². The van der Waals surface area contributed by atoms with E-state index in [4.69, 9.17) is 42.4 Å². The average molecular weight is 725 g/mol. The van der Waals surface area contributed by atoms with E-state index in [-0.39, 0.29) is 40.1 Å². The third-order valence-electron chi connectivity index (χ3n) is 10.9. The van der Waals surface area contributed by atoms with Crippen LogP contribution in [0.2, 0.25) is 10.0 Å². The summed E-state index contributed by atoms with van der Waals surface area (Å²) in [6.45, 7) is 2.57. The van der Waals surface area contributed by atoms with Gasteiger partial charge in [-0.1, -0.05) is 47.5 Å². The molecule has 0 bridgehead atoms. The van der Waals surface area contributed by atoms with Crippen molar-refractivity contribution >= 4 is 52.5 Å². The molecule has 3 fully saturated rings. The number of esters is 2. The fourth-order valence-electron chi connectivity index (χ4n) is 8.47. The van der Waals surface area contributed by atoms with Crippen molar-refractivity contribution in [3.63, 3.8) is 0 Å². The number of nitrogens with zero attached hydrogens (tertiary/aromatic N) is 3. The van der Waals surface area contributed by atoms with Crippen LogP contribution in [0.4, 0.5) is 0 Å². The zero-order valence-electron chi connectivity index (χ0n) is 28.7. The van der Waals surface area contributed by atoms with Crippen LogP contribution in [0.15, 0.2) is 58.7 Å². The van der Waals surface area contributed by atoms with E-state index in [2.05, 4.69) is 4.90 Å². The van der Waals surface area contributed by atoms with Crippen molar-refractivity contribution in [3.8, 4) is 5.75 Å². The number of ether oxygens (including phenoxy) is 3. The zero-order valence-corrected chi connectivity index (χ0v) is 30.2. The summed E-state index contributed by atoms with van der Waals surface area (Å²) in [7, 11) is 4.13. The molecule has 2 heterocycles. The van der Waals surface area contributed by atoms with E-state index < -0.39 is 23.8 Å². The molecular weight excluding hydrogens is 681 g/mol. The Morgan fingerprint density at radius 2 is 1.52 bits per heavy atom. The van der Waals surface area contributed by atoms with Gasteiger partial charge in [0.2, 0.25) is 5.91 Å². The summed E-state index contributed by atoms with van der Waals surface area (Å²) in [6, 6.07) is 13.0. The summed E-state index contributed by atoms with van der Waals surface area (Å²) < 4.78 is 16.1. The fraction of sp³-hybridized carbons (Fsp3) is 0.500. The van der Waals surface area contributed by atoms with E-state index in [1.165, 1.54) is 14.2 Å². The number of piperazine rings is 1. The van der Waals surface area contributed by atoms with Gasteiger partial charge in [-0.05, 0) is 66.8 Å². The number of hydrogen-bond acceptors (Lipinski definition) is 9. The molecule has 12 heteroatoms. The van der Waals surface area contributed by atoms with E-state index in [0.29, 0.717) is 73.0 Å². The van der Waals surface area contributed by atoms with Crippen LogP contribution in [0.1, 0.15) is 55.6 Å². The lowest BCUT2D eigenvalue weighted by atomic mass is 9.73. The Morgan fingerprint density at radius 1 is 0.860 bits per heavy atom. The number of ketones is 1. The molecule has 4 unspecified atom stereocenters. The van der Waals surface area contributed by atoms with Crippen LogP contribution < -0.4 is 4.74 Å². The Morgan fingerprint density at radius 3 is 2.14 bits per heavy atom. The van der Waals surface area contributed by atoms with Gasteiger partial charge in [0.05, 0.1) is 39.0 Å². The Bertz CT molecular complexity index is 1680. The molecule has 1 saturated heterocycles. The highest BCUT2D eigenvalue weighted by Gasteiger charge is 2.47. The molecule has 2 aromatic carbocycles. The molecule has 2 aliphatic carbocycles. The number of aryl methyl sites for hydroxylation is 1. The summed E-state index contributed by atoms with van der Waals surface area (Å²) >= 11 is 13.5. The number of allylic oxidation sites excluding steroid dienone is 1. The van der Waals surface area contributed by atoms with Gasteiger partial charge in [0, 0.05) is 66.7 Å². The predicted molar refractivity (Wildman–Crippen MR) is 190 cm³/mol. The number of carbonyl (C=O) groups excluding carboxylic acids is 4. The first-order valence-electron chi connectivity index (χ1n) is 17.2. The number of fused-ring (bicyclic) bond motifs is 1. The van der Waals surface area contributed by atoms with Crippen molar-refractivity contribution < 1.29 is 33.4 Å². The predicted octanol–water partition coefficient (Wildman–Crippen LogP) is 5.68. The second kappa shape index (κ2) is 15.7. The Balaban J connectivity index is 1.31. The lowest BCUT2D eigenvalue weighted by molar-refractivity contribution is -0.143. The molecule has 0 radical (unpaired) electrons. The van der Waals surface area contributed by atoms with Crippen LogP contribution in [0.25, 0.3) is 0 Å². The number of halogens is 2. The molecule has 10 nitrogen and oxygen atoms in total. The van der Waals surface area contributed by atoms with Crippen molar-refractivity contribution in [2.24, 2.45) is 22.7 Å². The van der Waals surface area contributed by atoms with Crippen LogP contribution in [0, 0.1) is 17.8 Å². The number of amides is 1. The second-order valence-corrected chi connectivity index (χ2v) is 14.4. The number of aliphatic imine (C=N–C) groups is 1. The SMILES string of the molecule is COC(=O)C1=C(CCc2ccccc2OC)N=C(CC(=O)N2CCN(C3CC4CC(=O)CC4C3)CC2)C(C(=O)OC)C1c1c(Cl)cccc1Cl. The van der Waals surface area contributed by atoms with E-state index >= 15 is 0 Å². The summed E-state index contributed by atoms with van der Waals surface area (Å²) in [5.74, 6) is -1.63. The number of benzene rings is 2. The first-order chi connectivity index (χ1) is 24.1. The number of carbonyl (C=O) groups is 4. The molecule has 0 aromatic heterocycles. The van der Waals surface area contributed by atoms with Gasteiger partial charge in [0.15, 0.2) is 0 Å². The van der Waals surface area contributed by atoms with Crippen molar-refractivity contribution in [2.45, 2.75) is 56.9 Å². The van der Waals surface area contributed by atoms with E-state index in [9.17, 15) is 19.2 Å². The number of Topliss-reactive ketones (excluding diaryl/α,β-unsaturated/α-hetero) is 1. The quantitative estimate of drug-likeness (QED) is 0.288. The summed E-state index contributed by atoms with van der Waals surface area (Å²) in [5, 5.41) is 0.511. The molecule has 4 aliphatic rings. The minimum Gasteiger partial charge on any atom is -0.496 e. The smallest absolute Gasteiger partial charge is 0.336 e. The molecule has 1 amide bonds. The highest BCUT2D eigenvalue weighted by Crippen LogP contribution is 2.47. The lowest BCUT2D eigenvalue weighted by Gasteiger charge is -2.39. The zero-order chi connectivity index (χ0) is 35.5. The highest BCUT2D eigenvalue weighted by atomic mass is 35.5. The monoisotopic (exact) mass is 723 g/mol. The van der Waals surface area contributed by atoms with Gasteiger partial charge < -0.3 is 19.1 Å². The molecule has 2 aromatic rings. The molecule has 266 valence electrons. The van der Waals surface area contributed by atoms with Gasteiger partial charge in [-0.2, -0.15) is 0 Å². The Hall–Kier alpha value is -3.73. The summed E-state index contributed by atoms with van der Waals surface area (Å²) in [4.78, 5) is 62.5. The maximum absolute atomic E-state index is 14.0. The van der Waals surface area contributed by atoms with E-state index in [1.807, 2.05) is 29.2 Å². The van der Waals surface area contributed by atoms with Crippen LogP contribution >= 0.6 is 23.2 Å². The lowest BCUT2D eigenvalue weighted by Crippen LogP contribution is -2.52. The third-order valence-corrected chi connectivity index (χ3v) is 11.6. The van der Waals surface area contributed by atoms with E-state index in [1.54, 1.807) is 25.3 Å². The summed E-state index contributed by atoms with van der Waals surface area (Å²) in [5.41, 5.74) is 2.05. The first-order valence-corrected chi connectivity index (χ1v) is 17.9. The van der Waals surface area contributed by atoms with Crippen molar-refractivity contribution in [3.05, 3.63) is 74.9 Å². The third kappa shape index (κ3) is 7.34. The van der Waals surface area contributed by atoms with Gasteiger partial charge in [-0.25, -0.2) is 4.79 Å². The molecule has 2 saturated carbocycles. The van der Waals surface area contributed by atoms with Crippen molar-refractivity contribution in [2.75, 3.05) is 47.5 Å². The van der Waals surface area contributed by atoms with Crippen molar-refractivity contribution in [1.82, 2.24) is 9.80 Å². The van der Waals surface area contributed by atoms with Crippen LogP contribution in [-0.4, -0.2) is 92.7 Å². The number of rotatable bonds is 10. The fourth-order valence-corrected chi connectivity index (χ4v) is 9.10. The molecular formula is C38H43Cl2N3O7. The molecule has 2 aliphatic heterocycles. The van der Waals surface area contributed by atoms with Gasteiger partial charge in [-0.15, -0.1) is 0 Å². The molecule has 4 atom stereocenters. The Labute approximate surface area is 302 Å². The van der Waals surface area contributed by atoms with Crippen LogP contribution in [0.3, 0.4) is 0 Å². The standard InChI is InChI=1S/C38H43Cl2N3O7/c1-48-31-10-5-4-7-22(31)11-12-29-34(37(46)49-2)36(33-27(39)8-6-9-28(33)40)35(38(47)50-3)30(41-29)21-32(45)43-15-13-42(14-16-43)25-17-23-19-26(44)20-24(23)18-25/h4-10,23-25,35-36H,11-21H2,1-3H3. The largest absolute Gasteiger partial charge is 0.496 e. The first kappa shape index (κ1) is 36.1. The normalized spacial score (nSPS) is 25.3. The maximum Gasteiger partial charge on any atom is 0.336 e. The summed E-state index contributed by atoms with van der Waals surface area (Å²) in [6.07, 6.45) is 4.08. The van der Waals surface area contributed by atoms with Gasteiger partial charge >= 0.3 is 11.9 Å². The second-order valence-electron chi connectivity index (χ2n) is 13.6. The topological polar surface area (TPSA) is 115 Å².